The number of hydrogen-bond donors (Lipinski definition) is 2. The molecule has 4 aromatic rings. The highest BCUT2D eigenvalue weighted by Crippen LogP contribution is 2.15. The normalized spacial score (nSPS) is 10.7. The molecule has 0 aliphatic carbocycles. The number of nitrogen functional groups attached to an aromatic ring is 1. The maximum atomic E-state index is 13.0. The predicted octanol–water partition coefficient (Wildman–Crippen LogP) is 2.04. The van der Waals surface area contributed by atoms with E-state index in [1.165, 1.54) is 16.9 Å². The topological polar surface area (TPSA) is 120 Å². The highest BCUT2D eigenvalue weighted by atomic mass is 19.1. The molecular weight excluding hydrogens is 349 g/mol. The molecule has 3 N–H and O–H groups in total. The van der Waals surface area contributed by atoms with Gasteiger partial charge in [-0.25, -0.2) is 4.39 Å². The lowest BCUT2D eigenvalue weighted by atomic mass is 10.2. The van der Waals surface area contributed by atoms with Crippen molar-refractivity contribution >= 4 is 17.6 Å². The minimum Gasteiger partial charge on any atom is -0.368 e. The molecule has 0 spiro atoms. The van der Waals surface area contributed by atoms with Gasteiger partial charge in [0.05, 0.1) is 0 Å². The Kier molecular flexibility index (Phi) is 4.35. The zero-order valence-electron chi connectivity index (χ0n) is 14.0. The van der Waals surface area contributed by atoms with Crippen LogP contribution in [-0.2, 0) is 6.54 Å². The predicted molar refractivity (Wildman–Crippen MR) is 96.3 cm³/mol. The molecule has 27 heavy (non-hydrogen) atoms. The van der Waals surface area contributed by atoms with Gasteiger partial charge in [0.1, 0.15) is 12.4 Å². The SMILES string of the molecule is Nc1nc(Cn2nnc(-c3ccc(F)cc3)n2)nc(Nc2ccccc2)n1. The third-order valence-corrected chi connectivity index (χ3v) is 3.57. The summed E-state index contributed by atoms with van der Waals surface area (Å²) in [6.07, 6.45) is 0. The van der Waals surface area contributed by atoms with Crippen LogP contribution in [0.4, 0.5) is 22.0 Å². The van der Waals surface area contributed by atoms with E-state index >= 15 is 0 Å². The fourth-order valence-electron chi connectivity index (χ4n) is 2.37. The van der Waals surface area contributed by atoms with Crippen LogP contribution < -0.4 is 11.1 Å². The lowest BCUT2D eigenvalue weighted by Gasteiger charge is -2.06. The van der Waals surface area contributed by atoms with Crippen molar-refractivity contribution < 1.29 is 4.39 Å². The van der Waals surface area contributed by atoms with E-state index in [2.05, 4.69) is 35.7 Å². The third kappa shape index (κ3) is 4.00. The van der Waals surface area contributed by atoms with E-state index in [-0.39, 0.29) is 18.3 Å². The third-order valence-electron chi connectivity index (χ3n) is 3.57. The fraction of sp³-hybridized carbons (Fsp3) is 0.0588. The Morgan fingerprint density at radius 2 is 1.74 bits per heavy atom. The van der Waals surface area contributed by atoms with Gasteiger partial charge >= 0.3 is 0 Å². The molecule has 0 aliphatic heterocycles. The van der Waals surface area contributed by atoms with Crippen molar-refractivity contribution in [3.05, 3.63) is 66.2 Å². The van der Waals surface area contributed by atoms with Crippen LogP contribution in [0.25, 0.3) is 11.4 Å². The first kappa shape index (κ1) is 16.5. The number of nitrogens with zero attached hydrogens (tertiary/aromatic N) is 7. The molecular formula is C17H14FN9. The average molecular weight is 363 g/mol. The van der Waals surface area contributed by atoms with E-state index in [0.29, 0.717) is 23.2 Å². The minimum absolute atomic E-state index is 0.0808. The smallest absolute Gasteiger partial charge is 0.232 e. The van der Waals surface area contributed by atoms with E-state index in [9.17, 15) is 4.39 Å². The van der Waals surface area contributed by atoms with Crippen LogP contribution in [0.3, 0.4) is 0 Å². The van der Waals surface area contributed by atoms with Crippen LogP contribution in [0.15, 0.2) is 54.6 Å². The summed E-state index contributed by atoms with van der Waals surface area (Å²) in [5.74, 6) is 0.828. The molecule has 0 saturated carbocycles. The van der Waals surface area contributed by atoms with Gasteiger partial charge in [-0.15, -0.1) is 10.2 Å². The summed E-state index contributed by atoms with van der Waals surface area (Å²) >= 11 is 0. The number of hydrogen-bond acceptors (Lipinski definition) is 8. The van der Waals surface area contributed by atoms with Crippen LogP contribution >= 0.6 is 0 Å². The highest BCUT2D eigenvalue weighted by Gasteiger charge is 2.10. The van der Waals surface area contributed by atoms with E-state index < -0.39 is 0 Å². The van der Waals surface area contributed by atoms with Crippen molar-refractivity contribution in [2.24, 2.45) is 0 Å². The second-order valence-electron chi connectivity index (χ2n) is 5.57. The molecule has 0 unspecified atom stereocenters. The summed E-state index contributed by atoms with van der Waals surface area (Å²) in [4.78, 5) is 13.8. The number of halogens is 1. The Morgan fingerprint density at radius 1 is 0.963 bits per heavy atom. The van der Waals surface area contributed by atoms with Gasteiger partial charge in [0.25, 0.3) is 0 Å². The minimum atomic E-state index is -0.328. The lowest BCUT2D eigenvalue weighted by molar-refractivity contribution is 0.554. The van der Waals surface area contributed by atoms with Gasteiger partial charge < -0.3 is 11.1 Å². The summed E-state index contributed by atoms with van der Waals surface area (Å²) in [5.41, 5.74) is 7.26. The summed E-state index contributed by atoms with van der Waals surface area (Å²) < 4.78 is 13.0. The highest BCUT2D eigenvalue weighted by molar-refractivity contribution is 5.54. The van der Waals surface area contributed by atoms with Crippen molar-refractivity contribution in [1.82, 2.24) is 35.2 Å². The molecule has 4 rings (SSSR count). The van der Waals surface area contributed by atoms with Crippen LogP contribution in [0.5, 0.6) is 0 Å². The molecule has 10 heteroatoms. The first-order valence-electron chi connectivity index (χ1n) is 8.02. The van der Waals surface area contributed by atoms with Gasteiger partial charge in [0.15, 0.2) is 5.82 Å². The van der Waals surface area contributed by atoms with Crippen molar-refractivity contribution in [2.75, 3.05) is 11.1 Å². The zero-order valence-corrected chi connectivity index (χ0v) is 14.0. The molecule has 2 heterocycles. The number of anilines is 3. The van der Waals surface area contributed by atoms with E-state index in [4.69, 9.17) is 5.73 Å². The number of aromatic nitrogens is 7. The van der Waals surface area contributed by atoms with Crippen molar-refractivity contribution in [3.8, 4) is 11.4 Å². The molecule has 0 bridgehead atoms. The number of benzene rings is 2. The monoisotopic (exact) mass is 363 g/mol. The summed E-state index contributed by atoms with van der Waals surface area (Å²) in [5, 5.41) is 15.3. The van der Waals surface area contributed by atoms with Gasteiger partial charge in [0.2, 0.25) is 17.7 Å². The Labute approximate surface area is 153 Å². The van der Waals surface area contributed by atoms with Crippen molar-refractivity contribution in [3.63, 3.8) is 0 Å². The standard InChI is InChI=1S/C17H14FN9/c18-12-8-6-11(7-9-12)15-24-26-27(25-15)10-14-21-16(19)23-17(22-14)20-13-4-2-1-3-5-13/h1-9H,10H2,(H3,19,20,21,22,23). The Hall–Kier alpha value is -3.95. The summed E-state index contributed by atoms with van der Waals surface area (Å²) in [6, 6.07) is 15.3. The van der Waals surface area contributed by atoms with E-state index in [1.54, 1.807) is 12.1 Å². The van der Waals surface area contributed by atoms with Crippen LogP contribution in [0, 0.1) is 5.82 Å². The molecule has 2 aromatic heterocycles. The van der Waals surface area contributed by atoms with Gasteiger partial charge in [-0.1, -0.05) is 18.2 Å². The molecule has 0 fully saturated rings. The number of rotatable bonds is 5. The second kappa shape index (κ2) is 7.12. The molecule has 0 radical (unpaired) electrons. The van der Waals surface area contributed by atoms with Crippen molar-refractivity contribution in [2.45, 2.75) is 6.54 Å². The van der Waals surface area contributed by atoms with Crippen molar-refractivity contribution in [1.29, 1.82) is 0 Å². The van der Waals surface area contributed by atoms with Crippen LogP contribution in [-0.4, -0.2) is 35.2 Å². The Bertz CT molecular complexity index is 1050. The Balaban J connectivity index is 1.53. The van der Waals surface area contributed by atoms with E-state index in [1.807, 2.05) is 30.3 Å². The van der Waals surface area contributed by atoms with Gasteiger partial charge in [0, 0.05) is 11.3 Å². The number of para-hydroxylation sites is 1. The second-order valence-corrected chi connectivity index (χ2v) is 5.57. The molecule has 0 amide bonds. The maximum absolute atomic E-state index is 13.0. The molecule has 0 saturated heterocycles. The summed E-state index contributed by atoms with van der Waals surface area (Å²) in [6.45, 7) is 0.157. The van der Waals surface area contributed by atoms with Crippen LogP contribution in [0.1, 0.15) is 5.82 Å². The molecule has 134 valence electrons. The quantitative estimate of drug-likeness (QED) is 0.553. The largest absolute Gasteiger partial charge is 0.368 e. The van der Waals surface area contributed by atoms with Gasteiger partial charge in [-0.05, 0) is 41.6 Å². The maximum Gasteiger partial charge on any atom is 0.232 e. The van der Waals surface area contributed by atoms with Crippen LogP contribution in [0.2, 0.25) is 0 Å². The number of nitrogens with one attached hydrogen (secondary N) is 1. The Morgan fingerprint density at radius 3 is 2.52 bits per heavy atom. The summed E-state index contributed by atoms with van der Waals surface area (Å²) in [7, 11) is 0. The molecule has 2 aromatic carbocycles. The zero-order chi connectivity index (χ0) is 18.6. The first-order valence-corrected chi connectivity index (χ1v) is 8.02. The first-order chi connectivity index (χ1) is 13.2. The number of nitrogens with two attached hydrogens (primary N) is 1. The molecule has 0 atom stereocenters. The lowest BCUT2D eigenvalue weighted by Crippen LogP contribution is -2.12. The number of tetrazole rings is 1. The molecule has 0 aliphatic rings. The van der Waals surface area contributed by atoms with Gasteiger partial charge in [-0.3, -0.25) is 0 Å². The fourth-order valence-corrected chi connectivity index (χ4v) is 2.37. The molecule has 9 nitrogen and oxygen atoms in total. The van der Waals surface area contributed by atoms with Gasteiger partial charge in [-0.2, -0.15) is 19.7 Å². The average Bonchev–Trinajstić information content (AvgIpc) is 3.11. The van der Waals surface area contributed by atoms with E-state index in [0.717, 1.165) is 5.69 Å².